The minimum absolute atomic E-state index is 0.0212. The number of aryl methyl sites for hydroxylation is 3. The number of amides is 1. The fourth-order valence-electron chi connectivity index (χ4n) is 2.69. The molecule has 2 aromatic rings. The Hall–Kier alpha value is -2.09. The molecule has 0 N–H and O–H groups in total. The lowest BCUT2D eigenvalue weighted by Gasteiger charge is -2.32. The van der Waals surface area contributed by atoms with E-state index in [0.717, 1.165) is 42.3 Å². The summed E-state index contributed by atoms with van der Waals surface area (Å²) in [5.74, 6) is -0.0212. The van der Waals surface area contributed by atoms with Crippen molar-refractivity contribution >= 4 is 17.4 Å². The van der Waals surface area contributed by atoms with E-state index in [1.807, 2.05) is 19.9 Å². The summed E-state index contributed by atoms with van der Waals surface area (Å²) < 4.78 is 9.74. The first kappa shape index (κ1) is 15.8. The summed E-state index contributed by atoms with van der Waals surface area (Å²) in [6, 6.07) is 2.29. The van der Waals surface area contributed by atoms with Crippen molar-refractivity contribution in [3.8, 4) is 6.01 Å². The van der Waals surface area contributed by atoms with Crippen molar-refractivity contribution < 1.29 is 9.53 Å². The van der Waals surface area contributed by atoms with Gasteiger partial charge in [-0.15, -0.1) is 5.10 Å². The summed E-state index contributed by atoms with van der Waals surface area (Å²) in [7, 11) is 0. The predicted molar refractivity (Wildman–Crippen MR) is 85.7 cm³/mol. The van der Waals surface area contributed by atoms with Gasteiger partial charge in [0.2, 0.25) is 0 Å². The molecule has 0 radical (unpaired) electrons. The molecule has 0 bridgehead atoms. The first-order chi connectivity index (χ1) is 11.0. The van der Waals surface area contributed by atoms with Crippen molar-refractivity contribution in [2.45, 2.75) is 39.7 Å². The molecule has 1 aliphatic heterocycles. The highest BCUT2D eigenvalue weighted by atomic mass is 32.1. The zero-order valence-corrected chi connectivity index (χ0v) is 14.3. The minimum atomic E-state index is -0.0879. The molecule has 3 rings (SSSR count). The summed E-state index contributed by atoms with van der Waals surface area (Å²) in [6.07, 6.45) is 1.70. The highest BCUT2D eigenvalue weighted by Gasteiger charge is 2.28. The molecule has 23 heavy (non-hydrogen) atoms. The van der Waals surface area contributed by atoms with Crippen LogP contribution in [0.3, 0.4) is 0 Å². The van der Waals surface area contributed by atoms with Crippen LogP contribution in [0.2, 0.25) is 0 Å². The zero-order valence-electron chi connectivity index (χ0n) is 13.4. The smallest absolute Gasteiger partial charge is 0.317 e. The van der Waals surface area contributed by atoms with Gasteiger partial charge in [0.05, 0.1) is 12.2 Å². The molecule has 1 fully saturated rings. The summed E-state index contributed by atoms with van der Waals surface area (Å²) in [6.45, 7) is 6.89. The molecule has 1 unspecified atom stereocenters. The van der Waals surface area contributed by atoms with Crippen molar-refractivity contribution in [1.82, 2.24) is 24.5 Å². The fourth-order valence-corrected chi connectivity index (χ4v) is 3.31. The number of nitrogens with zero attached hydrogens (tertiary/aromatic N) is 5. The molecule has 1 saturated heterocycles. The van der Waals surface area contributed by atoms with Crippen molar-refractivity contribution in [2.75, 3.05) is 13.1 Å². The highest BCUT2D eigenvalue weighted by molar-refractivity contribution is 7.07. The molecule has 7 nitrogen and oxygen atoms in total. The molecule has 0 saturated carbocycles. The number of carbonyl (C=O) groups excluding carboxylic acids is 1. The minimum Gasteiger partial charge on any atom is -0.458 e. The second kappa shape index (κ2) is 6.57. The predicted octanol–water partition coefficient (Wildman–Crippen LogP) is 1.94. The number of piperidine rings is 1. The van der Waals surface area contributed by atoms with Gasteiger partial charge in [0.15, 0.2) is 0 Å². The lowest BCUT2D eigenvalue weighted by atomic mass is 10.1. The van der Waals surface area contributed by atoms with Gasteiger partial charge in [0.25, 0.3) is 5.91 Å². The monoisotopic (exact) mass is 333 g/mol. The molecule has 8 heteroatoms. The van der Waals surface area contributed by atoms with E-state index in [0.29, 0.717) is 23.1 Å². The Labute approximate surface area is 138 Å². The van der Waals surface area contributed by atoms with Gasteiger partial charge in [-0.1, -0.05) is 4.49 Å². The second-order valence-corrected chi connectivity index (χ2v) is 6.51. The summed E-state index contributed by atoms with van der Waals surface area (Å²) in [4.78, 5) is 23.6. The van der Waals surface area contributed by atoms with Gasteiger partial charge in [-0.3, -0.25) is 4.79 Å². The third kappa shape index (κ3) is 3.64. The number of hydrogen-bond donors (Lipinski definition) is 0. The molecular weight excluding hydrogens is 314 g/mol. The first-order valence-corrected chi connectivity index (χ1v) is 8.37. The van der Waals surface area contributed by atoms with Crippen LogP contribution in [-0.2, 0) is 0 Å². The number of aromatic nitrogens is 4. The highest BCUT2D eigenvalue weighted by Crippen LogP contribution is 2.20. The maximum atomic E-state index is 12.6. The van der Waals surface area contributed by atoms with E-state index in [-0.39, 0.29) is 12.0 Å². The lowest BCUT2D eigenvalue weighted by molar-refractivity contribution is 0.0518. The third-order valence-electron chi connectivity index (χ3n) is 3.74. The average molecular weight is 333 g/mol. The summed E-state index contributed by atoms with van der Waals surface area (Å²) in [5, 5.41) is 3.91. The first-order valence-electron chi connectivity index (χ1n) is 7.60. The van der Waals surface area contributed by atoms with Crippen LogP contribution in [0.15, 0.2) is 6.07 Å². The van der Waals surface area contributed by atoms with Crippen LogP contribution in [-0.4, -0.2) is 49.6 Å². The van der Waals surface area contributed by atoms with E-state index < -0.39 is 0 Å². The van der Waals surface area contributed by atoms with Gasteiger partial charge in [0, 0.05) is 17.9 Å². The number of rotatable bonds is 3. The van der Waals surface area contributed by atoms with Crippen LogP contribution < -0.4 is 4.74 Å². The maximum Gasteiger partial charge on any atom is 0.317 e. The SMILES string of the molecule is Cc1cc(C)nc(OC2CCCN(C(=O)c3snnc3C)C2)n1. The van der Waals surface area contributed by atoms with Gasteiger partial charge >= 0.3 is 6.01 Å². The van der Waals surface area contributed by atoms with E-state index in [9.17, 15) is 4.79 Å². The molecule has 3 heterocycles. The molecule has 0 aliphatic carbocycles. The van der Waals surface area contributed by atoms with Crippen molar-refractivity contribution in [3.63, 3.8) is 0 Å². The molecule has 0 aromatic carbocycles. The molecular formula is C15H19N5O2S. The van der Waals surface area contributed by atoms with Crippen LogP contribution in [0, 0.1) is 20.8 Å². The average Bonchev–Trinajstić information content (AvgIpc) is 2.92. The van der Waals surface area contributed by atoms with Gasteiger partial charge in [0.1, 0.15) is 11.0 Å². The van der Waals surface area contributed by atoms with E-state index in [1.54, 1.807) is 11.8 Å². The Morgan fingerprint density at radius 3 is 2.70 bits per heavy atom. The van der Waals surface area contributed by atoms with E-state index in [2.05, 4.69) is 19.6 Å². The zero-order chi connectivity index (χ0) is 16.4. The standard InChI is InChI=1S/C15H19N5O2S/c1-9-7-10(2)17-15(16-9)22-12-5-4-6-20(8-12)14(21)13-11(3)18-19-23-13/h7,12H,4-6,8H2,1-3H3. The van der Waals surface area contributed by atoms with Gasteiger partial charge in [-0.2, -0.15) is 0 Å². The van der Waals surface area contributed by atoms with Gasteiger partial charge in [-0.05, 0) is 51.2 Å². The van der Waals surface area contributed by atoms with Crippen LogP contribution >= 0.6 is 11.5 Å². The van der Waals surface area contributed by atoms with Crippen molar-refractivity contribution in [1.29, 1.82) is 0 Å². The normalized spacial score (nSPS) is 18.0. The van der Waals surface area contributed by atoms with Gasteiger partial charge < -0.3 is 9.64 Å². The molecule has 1 aliphatic rings. The van der Waals surface area contributed by atoms with Crippen LogP contribution in [0.4, 0.5) is 0 Å². The lowest BCUT2D eigenvalue weighted by Crippen LogP contribution is -2.44. The summed E-state index contributed by atoms with van der Waals surface area (Å²) in [5.41, 5.74) is 2.44. The van der Waals surface area contributed by atoms with E-state index >= 15 is 0 Å². The van der Waals surface area contributed by atoms with Crippen molar-refractivity contribution in [3.05, 3.63) is 28.0 Å². The maximum absolute atomic E-state index is 12.6. The molecule has 1 atom stereocenters. The van der Waals surface area contributed by atoms with Crippen LogP contribution in [0.5, 0.6) is 6.01 Å². The Bertz CT molecular complexity index is 697. The number of carbonyl (C=O) groups is 1. The van der Waals surface area contributed by atoms with E-state index in [1.165, 1.54) is 0 Å². The largest absolute Gasteiger partial charge is 0.458 e. The van der Waals surface area contributed by atoms with E-state index in [4.69, 9.17) is 4.74 Å². The quantitative estimate of drug-likeness (QED) is 0.854. The molecule has 122 valence electrons. The number of ether oxygens (including phenoxy) is 1. The number of hydrogen-bond acceptors (Lipinski definition) is 7. The van der Waals surface area contributed by atoms with Crippen LogP contribution in [0.1, 0.15) is 39.6 Å². The third-order valence-corrected chi connectivity index (χ3v) is 4.56. The Morgan fingerprint density at radius 2 is 2.04 bits per heavy atom. The molecule has 1 amide bonds. The second-order valence-electron chi connectivity index (χ2n) is 5.75. The summed E-state index contributed by atoms with van der Waals surface area (Å²) >= 11 is 1.14. The van der Waals surface area contributed by atoms with Crippen LogP contribution in [0.25, 0.3) is 0 Å². The van der Waals surface area contributed by atoms with Crippen molar-refractivity contribution in [2.24, 2.45) is 0 Å². The Morgan fingerprint density at radius 1 is 1.30 bits per heavy atom. The Balaban J connectivity index is 1.68. The molecule has 2 aromatic heterocycles. The fraction of sp³-hybridized carbons (Fsp3) is 0.533. The topological polar surface area (TPSA) is 81.1 Å². The van der Waals surface area contributed by atoms with Gasteiger partial charge in [-0.25, -0.2) is 9.97 Å². The Kier molecular flexibility index (Phi) is 4.51. The molecule has 0 spiro atoms. The number of likely N-dealkylation sites (tertiary alicyclic amines) is 1.